The van der Waals surface area contributed by atoms with Crippen molar-refractivity contribution >= 4 is 0 Å². The van der Waals surface area contributed by atoms with E-state index in [1.165, 1.54) is 12.1 Å². The summed E-state index contributed by atoms with van der Waals surface area (Å²) in [4.78, 5) is 0. The highest BCUT2D eigenvalue weighted by Gasteiger charge is 2.46. The Labute approximate surface area is 114 Å². The Hall–Kier alpha value is -1.27. The van der Waals surface area contributed by atoms with E-state index < -0.39 is 18.0 Å². The first kappa shape index (κ1) is 13.7. The molecule has 0 amide bonds. The average molecular weight is 287 g/mol. The lowest BCUT2D eigenvalue weighted by Gasteiger charge is -2.38. The van der Waals surface area contributed by atoms with Gasteiger partial charge in [0.15, 0.2) is 0 Å². The number of fused-ring (bicyclic) bond motifs is 2. The second-order valence-electron chi connectivity index (χ2n) is 5.57. The van der Waals surface area contributed by atoms with Gasteiger partial charge < -0.3 is 15.2 Å². The standard InChI is InChI=1S/C14H16F3NO2/c15-10-2-1-3-11(20-13(16)17)12(10)14(19)6-8-4-5-9(7-14)18-8/h1-3,8-9,13,18-19H,4-7H2. The third kappa shape index (κ3) is 2.38. The first-order valence-electron chi connectivity index (χ1n) is 6.70. The minimum absolute atomic E-state index is 0.0951. The zero-order valence-corrected chi connectivity index (χ0v) is 10.8. The maximum Gasteiger partial charge on any atom is 0.387 e. The summed E-state index contributed by atoms with van der Waals surface area (Å²) in [6, 6.07) is 3.92. The summed E-state index contributed by atoms with van der Waals surface area (Å²) >= 11 is 0. The second-order valence-corrected chi connectivity index (χ2v) is 5.57. The Morgan fingerprint density at radius 2 is 1.90 bits per heavy atom. The van der Waals surface area contributed by atoms with E-state index in [0.717, 1.165) is 18.9 Å². The number of hydrogen-bond acceptors (Lipinski definition) is 3. The molecular formula is C14H16F3NO2. The fraction of sp³-hybridized carbons (Fsp3) is 0.571. The van der Waals surface area contributed by atoms with Crippen LogP contribution in [0.3, 0.4) is 0 Å². The van der Waals surface area contributed by atoms with Gasteiger partial charge in [-0.15, -0.1) is 0 Å². The molecule has 2 N–H and O–H groups in total. The van der Waals surface area contributed by atoms with Crippen LogP contribution in [0, 0.1) is 5.82 Å². The fourth-order valence-electron chi connectivity index (χ4n) is 3.48. The third-order valence-electron chi connectivity index (χ3n) is 4.16. The van der Waals surface area contributed by atoms with E-state index in [2.05, 4.69) is 10.1 Å². The van der Waals surface area contributed by atoms with Gasteiger partial charge >= 0.3 is 6.61 Å². The van der Waals surface area contributed by atoms with Gasteiger partial charge in [-0.05, 0) is 37.8 Å². The molecule has 2 aliphatic heterocycles. The van der Waals surface area contributed by atoms with Crippen molar-refractivity contribution in [2.45, 2.75) is 50.0 Å². The van der Waals surface area contributed by atoms with E-state index in [0.29, 0.717) is 12.8 Å². The van der Waals surface area contributed by atoms with Crippen molar-refractivity contribution in [1.29, 1.82) is 0 Å². The monoisotopic (exact) mass is 287 g/mol. The predicted octanol–water partition coefficient (Wildman–Crippen LogP) is 2.53. The number of benzene rings is 1. The molecule has 3 rings (SSSR count). The number of rotatable bonds is 3. The zero-order chi connectivity index (χ0) is 14.3. The number of hydrogen-bond donors (Lipinski definition) is 2. The van der Waals surface area contributed by atoms with Gasteiger partial charge in [0.1, 0.15) is 11.6 Å². The lowest BCUT2D eigenvalue weighted by Crippen LogP contribution is -2.47. The summed E-state index contributed by atoms with van der Waals surface area (Å²) in [5.41, 5.74) is -1.59. The van der Waals surface area contributed by atoms with Gasteiger partial charge in [0.2, 0.25) is 0 Å². The molecule has 20 heavy (non-hydrogen) atoms. The Balaban J connectivity index is 2.00. The molecule has 3 nitrogen and oxygen atoms in total. The van der Waals surface area contributed by atoms with Crippen LogP contribution in [0.25, 0.3) is 0 Å². The highest BCUT2D eigenvalue weighted by Crippen LogP contribution is 2.45. The molecule has 0 aromatic heterocycles. The zero-order valence-electron chi connectivity index (χ0n) is 10.8. The number of piperidine rings is 1. The molecule has 2 atom stereocenters. The number of halogens is 3. The third-order valence-corrected chi connectivity index (χ3v) is 4.16. The van der Waals surface area contributed by atoms with E-state index in [9.17, 15) is 18.3 Å². The van der Waals surface area contributed by atoms with E-state index >= 15 is 0 Å². The van der Waals surface area contributed by atoms with Gasteiger partial charge in [-0.1, -0.05) is 6.07 Å². The molecule has 1 aromatic rings. The van der Waals surface area contributed by atoms with Crippen LogP contribution in [-0.2, 0) is 5.60 Å². The quantitative estimate of drug-likeness (QED) is 0.897. The summed E-state index contributed by atoms with van der Waals surface area (Å²) in [6.45, 7) is -3.04. The Kier molecular flexibility index (Phi) is 3.38. The second kappa shape index (κ2) is 4.93. The largest absolute Gasteiger partial charge is 0.434 e. The van der Waals surface area contributed by atoms with Crippen molar-refractivity contribution in [2.75, 3.05) is 0 Å². The summed E-state index contributed by atoms with van der Waals surface area (Å²) in [7, 11) is 0. The van der Waals surface area contributed by atoms with Crippen LogP contribution in [0.2, 0.25) is 0 Å². The lowest BCUT2D eigenvalue weighted by atomic mass is 9.81. The lowest BCUT2D eigenvalue weighted by molar-refractivity contribution is -0.0593. The number of ether oxygens (including phenoxy) is 1. The Morgan fingerprint density at radius 1 is 1.25 bits per heavy atom. The maximum atomic E-state index is 14.1. The molecule has 2 aliphatic rings. The van der Waals surface area contributed by atoms with Gasteiger partial charge in [0, 0.05) is 12.1 Å². The number of alkyl halides is 2. The highest BCUT2D eigenvalue weighted by molar-refractivity contribution is 5.40. The first-order chi connectivity index (χ1) is 9.48. The molecule has 110 valence electrons. The van der Waals surface area contributed by atoms with Crippen molar-refractivity contribution in [3.8, 4) is 5.75 Å². The molecule has 2 fully saturated rings. The summed E-state index contributed by atoms with van der Waals surface area (Å²) in [6.07, 6.45) is 2.44. The van der Waals surface area contributed by atoms with Crippen molar-refractivity contribution in [3.63, 3.8) is 0 Å². The minimum Gasteiger partial charge on any atom is -0.434 e. The van der Waals surface area contributed by atoms with Crippen LogP contribution in [-0.4, -0.2) is 23.8 Å². The normalized spacial score (nSPS) is 32.6. The Bertz CT molecular complexity index is 497. The van der Waals surface area contributed by atoms with Crippen molar-refractivity contribution in [1.82, 2.24) is 5.32 Å². The van der Waals surface area contributed by atoms with Crippen LogP contribution >= 0.6 is 0 Å². The molecule has 0 radical (unpaired) electrons. The van der Waals surface area contributed by atoms with Crippen molar-refractivity contribution in [3.05, 3.63) is 29.6 Å². The predicted molar refractivity (Wildman–Crippen MR) is 66.1 cm³/mol. The summed E-state index contributed by atoms with van der Waals surface area (Å²) in [5.74, 6) is -0.976. The fourth-order valence-corrected chi connectivity index (χ4v) is 3.48. The average Bonchev–Trinajstić information content (AvgIpc) is 2.68. The van der Waals surface area contributed by atoms with Crippen LogP contribution in [0.4, 0.5) is 13.2 Å². The van der Waals surface area contributed by atoms with Crippen LogP contribution < -0.4 is 10.1 Å². The van der Waals surface area contributed by atoms with Crippen molar-refractivity contribution in [2.24, 2.45) is 0 Å². The highest BCUT2D eigenvalue weighted by atomic mass is 19.3. The first-order valence-corrected chi connectivity index (χ1v) is 6.70. The van der Waals surface area contributed by atoms with E-state index in [1.807, 2.05) is 0 Å². The van der Waals surface area contributed by atoms with Gasteiger partial charge in [-0.3, -0.25) is 0 Å². The molecule has 6 heteroatoms. The van der Waals surface area contributed by atoms with Crippen LogP contribution in [0.5, 0.6) is 5.75 Å². The van der Waals surface area contributed by atoms with Gasteiger partial charge in [0.05, 0.1) is 11.2 Å². The van der Waals surface area contributed by atoms with Gasteiger partial charge in [0.25, 0.3) is 0 Å². The van der Waals surface area contributed by atoms with Crippen molar-refractivity contribution < 1.29 is 23.0 Å². The molecule has 2 bridgehead atoms. The summed E-state index contributed by atoms with van der Waals surface area (Å²) in [5, 5.41) is 14.1. The van der Waals surface area contributed by atoms with Crippen LogP contribution in [0.15, 0.2) is 18.2 Å². The van der Waals surface area contributed by atoms with E-state index in [1.54, 1.807) is 0 Å². The van der Waals surface area contributed by atoms with Crippen LogP contribution in [0.1, 0.15) is 31.2 Å². The molecule has 0 aliphatic carbocycles. The molecule has 1 aromatic carbocycles. The smallest absolute Gasteiger partial charge is 0.387 e. The SMILES string of the molecule is OC1(c2c(F)cccc2OC(F)F)CC2CCC(C1)N2. The summed E-state index contributed by atoms with van der Waals surface area (Å²) < 4.78 is 43.4. The topological polar surface area (TPSA) is 41.5 Å². The maximum absolute atomic E-state index is 14.1. The van der Waals surface area contributed by atoms with Gasteiger partial charge in [-0.25, -0.2) is 4.39 Å². The molecule has 2 saturated heterocycles. The number of aliphatic hydroxyl groups is 1. The number of nitrogens with one attached hydrogen (secondary N) is 1. The van der Waals surface area contributed by atoms with E-state index in [-0.39, 0.29) is 23.4 Å². The molecular weight excluding hydrogens is 271 g/mol. The molecule has 0 saturated carbocycles. The minimum atomic E-state index is -3.04. The Morgan fingerprint density at radius 3 is 2.50 bits per heavy atom. The molecule has 2 unspecified atom stereocenters. The van der Waals surface area contributed by atoms with E-state index in [4.69, 9.17) is 0 Å². The molecule has 0 spiro atoms. The molecule has 2 heterocycles. The van der Waals surface area contributed by atoms with Gasteiger partial charge in [-0.2, -0.15) is 8.78 Å².